The highest BCUT2D eigenvalue weighted by atomic mass is 15.4. The van der Waals surface area contributed by atoms with E-state index in [0.29, 0.717) is 12.0 Å². The zero-order chi connectivity index (χ0) is 13.4. The monoisotopic (exact) mass is 250 g/mol. The third-order valence-corrected chi connectivity index (χ3v) is 4.32. The molecular formula is C14H26N4. The van der Waals surface area contributed by atoms with E-state index in [9.17, 15) is 0 Å². The Balaban J connectivity index is 2.40. The second-order valence-electron chi connectivity index (χ2n) is 5.85. The molecule has 0 bridgehead atoms. The van der Waals surface area contributed by atoms with Gasteiger partial charge in [-0.3, -0.25) is 0 Å². The summed E-state index contributed by atoms with van der Waals surface area (Å²) in [6.07, 6.45) is 1.30. The molecule has 18 heavy (non-hydrogen) atoms. The van der Waals surface area contributed by atoms with Crippen LogP contribution in [0.4, 0.5) is 11.5 Å². The Hall–Kier alpha value is -1.19. The van der Waals surface area contributed by atoms with E-state index in [4.69, 9.17) is 5.73 Å². The molecule has 2 heterocycles. The molecule has 1 fully saturated rings. The van der Waals surface area contributed by atoms with Crippen LogP contribution in [0.5, 0.6) is 0 Å². The van der Waals surface area contributed by atoms with Crippen molar-refractivity contribution in [3.8, 4) is 0 Å². The molecule has 4 heteroatoms. The molecule has 3 atom stereocenters. The first-order valence-electron chi connectivity index (χ1n) is 7.05. The summed E-state index contributed by atoms with van der Waals surface area (Å²) >= 11 is 0. The van der Waals surface area contributed by atoms with Crippen molar-refractivity contribution in [1.82, 2.24) is 9.78 Å². The number of nitrogen functional groups attached to an aromatic ring is 1. The second-order valence-corrected chi connectivity index (χ2v) is 5.85. The van der Waals surface area contributed by atoms with Crippen LogP contribution in [-0.2, 0) is 6.54 Å². The number of rotatable bonds is 2. The van der Waals surface area contributed by atoms with Crippen LogP contribution in [0.3, 0.4) is 0 Å². The molecule has 2 rings (SSSR count). The van der Waals surface area contributed by atoms with Crippen molar-refractivity contribution >= 4 is 11.5 Å². The second kappa shape index (κ2) is 4.82. The zero-order valence-corrected chi connectivity index (χ0v) is 12.3. The maximum Gasteiger partial charge on any atom is 0.150 e. The summed E-state index contributed by atoms with van der Waals surface area (Å²) in [5.41, 5.74) is 8.04. The van der Waals surface area contributed by atoms with Crippen molar-refractivity contribution in [3.63, 3.8) is 0 Å². The van der Waals surface area contributed by atoms with Gasteiger partial charge in [0.1, 0.15) is 0 Å². The average molecular weight is 250 g/mol. The normalized spacial score (nSPS) is 28.7. The number of piperidine rings is 1. The molecular weight excluding hydrogens is 224 g/mol. The summed E-state index contributed by atoms with van der Waals surface area (Å²) in [5.74, 6) is 2.55. The van der Waals surface area contributed by atoms with Gasteiger partial charge in [-0.25, -0.2) is 4.68 Å². The summed E-state index contributed by atoms with van der Waals surface area (Å²) in [5, 5.41) is 4.54. The minimum atomic E-state index is 0.532. The fourth-order valence-electron chi connectivity index (χ4n) is 3.10. The van der Waals surface area contributed by atoms with Gasteiger partial charge in [0.25, 0.3) is 0 Å². The van der Waals surface area contributed by atoms with E-state index < -0.39 is 0 Å². The van der Waals surface area contributed by atoms with Crippen LogP contribution in [0, 0.1) is 18.8 Å². The van der Waals surface area contributed by atoms with E-state index in [1.807, 2.05) is 11.6 Å². The molecule has 1 saturated heterocycles. The highest BCUT2D eigenvalue weighted by molar-refractivity contribution is 5.67. The van der Waals surface area contributed by atoms with E-state index >= 15 is 0 Å². The Labute approximate surface area is 110 Å². The maximum atomic E-state index is 6.24. The molecule has 4 nitrogen and oxygen atoms in total. The molecule has 1 aliphatic heterocycles. The lowest BCUT2D eigenvalue weighted by molar-refractivity contribution is 0.293. The van der Waals surface area contributed by atoms with E-state index in [1.165, 1.54) is 6.42 Å². The number of hydrogen-bond acceptors (Lipinski definition) is 3. The Morgan fingerprint density at radius 2 is 2.00 bits per heavy atom. The van der Waals surface area contributed by atoms with Gasteiger partial charge in [0.15, 0.2) is 5.82 Å². The SMILES string of the molecule is CCn1nc(C)c(N)c1N1CC(C)CC(C)C1C. The Morgan fingerprint density at radius 3 is 2.61 bits per heavy atom. The number of aromatic nitrogens is 2. The van der Waals surface area contributed by atoms with E-state index in [-0.39, 0.29) is 0 Å². The van der Waals surface area contributed by atoms with Crippen LogP contribution in [0.25, 0.3) is 0 Å². The quantitative estimate of drug-likeness (QED) is 0.878. The van der Waals surface area contributed by atoms with Crippen molar-refractivity contribution < 1.29 is 0 Å². The van der Waals surface area contributed by atoms with Crippen molar-refractivity contribution in [3.05, 3.63) is 5.69 Å². The lowest BCUT2D eigenvalue weighted by atomic mass is 9.86. The summed E-state index contributed by atoms with van der Waals surface area (Å²) in [6.45, 7) is 13.0. The van der Waals surface area contributed by atoms with Gasteiger partial charge in [-0.2, -0.15) is 5.10 Å². The van der Waals surface area contributed by atoms with Gasteiger partial charge in [0, 0.05) is 19.1 Å². The van der Waals surface area contributed by atoms with Crippen molar-refractivity contribution in [2.45, 2.75) is 53.6 Å². The van der Waals surface area contributed by atoms with Gasteiger partial charge in [-0.1, -0.05) is 13.8 Å². The van der Waals surface area contributed by atoms with Gasteiger partial charge >= 0.3 is 0 Å². The molecule has 0 spiro atoms. The number of nitrogens with zero attached hydrogens (tertiary/aromatic N) is 3. The molecule has 3 unspecified atom stereocenters. The molecule has 2 N–H and O–H groups in total. The van der Waals surface area contributed by atoms with Crippen molar-refractivity contribution in [1.29, 1.82) is 0 Å². The standard InChI is InChI=1S/C14H26N4/c1-6-18-14(13(15)11(4)16-18)17-8-9(2)7-10(3)12(17)5/h9-10,12H,6-8,15H2,1-5H3. The third kappa shape index (κ3) is 2.08. The molecule has 1 aliphatic rings. The lowest BCUT2D eigenvalue weighted by Crippen LogP contribution is -2.47. The summed E-state index contributed by atoms with van der Waals surface area (Å²) < 4.78 is 2.05. The number of aryl methyl sites for hydroxylation is 2. The molecule has 1 aromatic heterocycles. The molecule has 0 aromatic carbocycles. The third-order valence-electron chi connectivity index (χ3n) is 4.32. The van der Waals surface area contributed by atoms with Crippen LogP contribution < -0.4 is 10.6 Å². The number of nitrogens with two attached hydrogens (primary N) is 1. The largest absolute Gasteiger partial charge is 0.394 e. The Morgan fingerprint density at radius 1 is 1.33 bits per heavy atom. The van der Waals surface area contributed by atoms with Crippen molar-refractivity contribution in [2.24, 2.45) is 11.8 Å². The lowest BCUT2D eigenvalue weighted by Gasteiger charge is -2.42. The molecule has 0 saturated carbocycles. The van der Waals surface area contributed by atoms with Crippen molar-refractivity contribution in [2.75, 3.05) is 17.2 Å². The Bertz CT molecular complexity index is 424. The zero-order valence-electron chi connectivity index (χ0n) is 12.3. The first-order valence-corrected chi connectivity index (χ1v) is 7.05. The minimum Gasteiger partial charge on any atom is -0.394 e. The van der Waals surface area contributed by atoms with Gasteiger partial charge in [0.05, 0.1) is 11.4 Å². The fraction of sp³-hybridized carbons (Fsp3) is 0.786. The number of hydrogen-bond donors (Lipinski definition) is 1. The van der Waals surface area contributed by atoms with Gasteiger partial charge in [-0.15, -0.1) is 0 Å². The molecule has 1 aromatic rings. The van der Waals surface area contributed by atoms with Crippen LogP contribution in [0.2, 0.25) is 0 Å². The molecule has 102 valence electrons. The van der Waals surface area contributed by atoms with Gasteiger partial charge < -0.3 is 10.6 Å². The topological polar surface area (TPSA) is 47.1 Å². The number of anilines is 2. The predicted octanol–water partition coefficient (Wildman–Crippen LogP) is 2.66. The van der Waals surface area contributed by atoms with Crippen LogP contribution in [0.15, 0.2) is 0 Å². The molecule has 0 radical (unpaired) electrons. The summed E-state index contributed by atoms with van der Waals surface area (Å²) in [7, 11) is 0. The van der Waals surface area contributed by atoms with Gasteiger partial charge in [0.2, 0.25) is 0 Å². The van der Waals surface area contributed by atoms with Crippen LogP contribution in [-0.4, -0.2) is 22.4 Å². The minimum absolute atomic E-state index is 0.532. The molecule has 0 amide bonds. The van der Waals surface area contributed by atoms with Gasteiger partial charge in [-0.05, 0) is 39.0 Å². The first kappa shape index (κ1) is 13.2. The van der Waals surface area contributed by atoms with E-state index in [1.54, 1.807) is 0 Å². The van der Waals surface area contributed by atoms with E-state index in [2.05, 4.69) is 37.7 Å². The van der Waals surface area contributed by atoms with Crippen LogP contribution >= 0.6 is 0 Å². The Kier molecular flexibility index (Phi) is 3.55. The van der Waals surface area contributed by atoms with Crippen LogP contribution in [0.1, 0.15) is 39.8 Å². The summed E-state index contributed by atoms with van der Waals surface area (Å²) in [4.78, 5) is 2.46. The highest BCUT2D eigenvalue weighted by Gasteiger charge is 2.32. The fourth-order valence-corrected chi connectivity index (χ4v) is 3.10. The smallest absolute Gasteiger partial charge is 0.150 e. The first-order chi connectivity index (χ1) is 8.45. The average Bonchev–Trinajstić information content (AvgIpc) is 2.60. The summed E-state index contributed by atoms with van der Waals surface area (Å²) in [6, 6.07) is 0.532. The van der Waals surface area contributed by atoms with E-state index in [0.717, 1.165) is 36.2 Å². The molecule has 0 aliphatic carbocycles. The maximum absolute atomic E-state index is 6.24. The predicted molar refractivity (Wildman–Crippen MR) is 76.8 cm³/mol. The highest BCUT2D eigenvalue weighted by Crippen LogP contribution is 2.35.